The molecule has 0 aromatic carbocycles. The average molecular weight is 298 g/mol. The number of nitrogens with two attached hydrogens (primary N) is 2. The highest BCUT2D eigenvalue weighted by Gasteiger charge is 2.23. The zero-order valence-electron chi connectivity index (χ0n) is 11.2. The van der Waals surface area contributed by atoms with E-state index in [4.69, 9.17) is 11.5 Å². The van der Waals surface area contributed by atoms with Crippen LogP contribution in [0.25, 0.3) is 0 Å². The first-order valence-electron chi connectivity index (χ1n) is 6.12. The van der Waals surface area contributed by atoms with Crippen molar-refractivity contribution in [3.63, 3.8) is 0 Å². The normalized spacial score (nSPS) is 16.9. The monoisotopic (exact) mass is 298 g/mol. The van der Waals surface area contributed by atoms with E-state index < -0.39 is 10.0 Å². The molecular weight excluding hydrogens is 280 g/mol. The van der Waals surface area contributed by atoms with Gasteiger partial charge in [0, 0.05) is 26.2 Å². The quantitative estimate of drug-likeness (QED) is 0.550. The number of hydrogen-bond donors (Lipinski definition) is 2. The Balaban J connectivity index is 2.02. The zero-order chi connectivity index (χ0) is 14.8. The molecule has 1 fully saturated rings. The molecule has 0 amide bonds. The number of aromatic nitrogens is 1. The number of sulfonamides is 1. The second-order valence-corrected chi connectivity index (χ2v) is 6.54. The molecule has 9 heteroatoms. The fourth-order valence-electron chi connectivity index (χ4n) is 2.04. The fourth-order valence-corrected chi connectivity index (χ4v) is 2.87. The van der Waals surface area contributed by atoms with E-state index in [1.165, 1.54) is 10.6 Å². The van der Waals surface area contributed by atoms with Crippen LogP contribution in [0, 0.1) is 0 Å². The van der Waals surface area contributed by atoms with E-state index in [1.54, 1.807) is 12.3 Å². The van der Waals surface area contributed by atoms with Crippen LogP contribution in [0.3, 0.4) is 0 Å². The van der Waals surface area contributed by atoms with Gasteiger partial charge in [0.05, 0.1) is 18.1 Å². The van der Waals surface area contributed by atoms with Gasteiger partial charge in [0.25, 0.3) is 0 Å². The highest BCUT2D eigenvalue weighted by atomic mass is 32.2. The minimum absolute atomic E-state index is 0.0352. The Morgan fingerprint density at radius 1 is 1.25 bits per heavy atom. The van der Waals surface area contributed by atoms with Crippen molar-refractivity contribution in [3.05, 3.63) is 18.3 Å². The number of hydrogen-bond acceptors (Lipinski definition) is 5. The highest BCUT2D eigenvalue weighted by molar-refractivity contribution is 7.88. The van der Waals surface area contributed by atoms with Crippen LogP contribution in [0.1, 0.15) is 0 Å². The Morgan fingerprint density at radius 2 is 1.90 bits per heavy atom. The average Bonchev–Trinajstić information content (AvgIpc) is 2.38. The van der Waals surface area contributed by atoms with Gasteiger partial charge in [0.2, 0.25) is 10.0 Å². The molecule has 20 heavy (non-hydrogen) atoms. The second kappa shape index (κ2) is 5.63. The molecule has 2 rings (SSSR count). The van der Waals surface area contributed by atoms with E-state index in [-0.39, 0.29) is 5.96 Å². The molecule has 4 N–H and O–H groups in total. The number of guanidine groups is 1. The van der Waals surface area contributed by atoms with Gasteiger partial charge >= 0.3 is 0 Å². The molecule has 1 aromatic rings. The van der Waals surface area contributed by atoms with Crippen LogP contribution in [0.5, 0.6) is 0 Å². The lowest BCUT2D eigenvalue weighted by molar-refractivity contribution is 0.388. The smallest absolute Gasteiger partial charge is 0.211 e. The molecule has 0 aliphatic carbocycles. The van der Waals surface area contributed by atoms with Crippen molar-refractivity contribution in [2.24, 2.45) is 16.5 Å². The number of pyridine rings is 1. The van der Waals surface area contributed by atoms with Crippen LogP contribution in [-0.2, 0) is 10.0 Å². The van der Waals surface area contributed by atoms with Crippen molar-refractivity contribution >= 4 is 27.5 Å². The van der Waals surface area contributed by atoms with Crippen molar-refractivity contribution in [1.29, 1.82) is 0 Å². The van der Waals surface area contributed by atoms with Crippen LogP contribution in [0.15, 0.2) is 23.3 Å². The van der Waals surface area contributed by atoms with Gasteiger partial charge in [-0.05, 0) is 12.1 Å². The van der Waals surface area contributed by atoms with Crippen LogP contribution >= 0.6 is 0 Å². The molecule has 110 valence electrons. The van der Waals surface area contributed by atoms with Gasteiger partial charge < -0.3 is 16.4 Å². The predicted molar refractivity (Wildman–Crippen MR) is 78.3 cm³/mol. The minimum atomic E-state index is -3.11. The third kappa shape index (κ3) is 3.58. The number of aliphatic imine (C=N–C) groups is 1. The van der Waals surface area contributed by atoms with Crippen LogP contribution < -0.4 is 16.4 Å². The lowest BCUT2D eigenvalue weighted by atomic mass is 10.3. The van der Waals surface area contributed by atoms with Crippen molar-refractivity contribution in [3.8, 4) is 0 Å². The molecule has 0 saturated carbocycles. The minimum Gasteiger partial charge on any atom is -0.370 e. The molecule has 0 radical (unpaired) electrons. The van der Waals surface area contributed by atoms with Crippen LogP contribution in [0.4, 0.5) is 11.5 Å². The number of nitrogens with zero attached hydrogens (tertiary/aromatic N) is 4. The third-order valence-electron chi connectivity index (χ3n) is 3.05. The molecule has 1 aliphatic heterocycles. The Bertz CT molecular complexity index is 586. The summed E-state index contributed by atoms with van der Waals surface area (Å²) in [5.41, 5.74) is 11.5. The van der Waals surface area contributed by atoms with Gasteiger partial charge in [0.1, 0.15) is 0 Å². The lowest BCUT2D eigenvalue weighted by Crippen LogP contribution is -2.48. The Labute approximate surface area is 118 Å². The molecule has 8 nitrogen and oxygen atoms in total. The van der Waals surface area contributed by atoms with Gasteiger partial charge in [0.15, 0.2) is 11.8 Å². The number of piperazine rings is 1. The largest absolute Gasteiger partial charge is 0.370 e. The van der Waals surface area contributed by atoms with Crippen LogP contribution in [-0.4, -0.2) is 56.1 Å². The molecule has 0 spiro atoms. The second-order valence-electron chi connectivity index (χ2n) is 4.56. The number of anilines is 1. The molecule has 1 saturated heterocycles. The van der Waals surface area contributed by atoms with Crippen LogP contribution in [0.2, 0.25) is 0 Å². The summed E-state index contributed by atoms with van der Waals surface area (Å²) in [5.74, 6) is 0.413. The predicted octanol–water partition coefficient (Wildman–Crippen LogP) is -0.932. The first kappa shape index (κ1) is 14.5. The topological polar surface area (TPSA) is 118 Å². The van der Waals surface area contributed by atoms with E-state index in [1.807, 2.05) is 6.07 Å². The van der Waals surface area contributed by atoms with Gasteiger partial charge in [-0.3, -0.25) is 0 Å². The van der Waals surface area contributed by atoms with E-state index >= 15 is 0 Å². The maximum atomic E-state index is 11.4. The fraction of sp³-hybridized carbons (Fsp3) is 0.455. The third-order valence-corrected chi connectivity index (χ3v) is 4.35. The summed E-state index contributed by atoms with van der Waals surface area (Å²) in [6.45, 7) is 2.23. The molecule has 0 atom stereocenters. The van der Waals surface area contributed by atoms with Gasteiger partial charge in [-0.25, -0.2) is 13.4 Å². The summed E-state index contributed by atoms with van der Waals surface area (Å²) in [6, 6.07) is 3.59. The zero-order valence-corrected chi connectivity index (χ0v) is 12.0. The van der Waals surface area contributed by atoms with Gasteiger partial charge in [-0.15, -0.1) is 0 Å². The first-order chi connectivity index (χ1) is 9.36. The van der Waals surface area contributed by atoms with Crippen molar-refractivity contribution < 1.29 is 8.42 Å². The summed E-state index contributed by atoms with van der Waals surface area (Å²) in [6.07, 6.45) is 2.91. The molecule has 1 aliphatic rings. The Morgan fingerprint density at radius 3 is 2.35 bits per heavy atom. The van der Waals surface area contributed by atoms with Gasteiger partial charge in [-0.2, -0.15) is 9.30 Å². The summed E-state index contributed by atoms with van der Waals surface area (Å²) in [5, 5.41) is 0. The highest BCUT2D eigenvalue weighted by Crippen LogP contribution is 2.18. The maximum absolute atomic E-state index is 11.4. The standard InChI is InChI=1S/C11H18N6O2S/c1-20(18,19)17-6-4-16(5-7-17)9-2-3-10(14-8-9)15-11(12)13/h2-3,8H,4-7H2,1H3,(H4,12,13,14,15). The van der Waals surface area contributed by atoms with E-state index in [2.05, 4.69) is 14.9 Å². The number of rotatable bonds is 3. The maximum Gasteiger partial charge on any atom is 0.211 e. The SMILES string of the molecule is CS(=O)(=O)N1CCN(c2ccc(N=C(N)N)nc2)CC1. The van der Waals surface area contributed by atoms with Crippen molar-refractivity contribution in [1.82, 2.24) is 9.29 Å². The van der Waals surface area contributed by atoms with Gasteiger partial charge in [-0.1, -0.05) is 0 Å². The van der Waals surface area contributed by atoms with Crippen molar-refractivity contribution in [2.45, 2.75) is 0 Å². The molecular formula is C11H18N6O2S. The molecule has 0 bridgehead atoms. The van der Waals surface area contributed by atoms with Crippen molar-refractivity contribution in [2.75, 3.05) is 37.3 Å². The van der Waals surface area contributed by atoms with E-state index in [9.17, 15) is 8.42 Å². The summed E-state index contributed by atoms with van der Waals surface area (Å²) in [4.78, 5) is 10.1. The van der Waals surface area contributed by atoms with E-state index in [0.717, 1.165) is 5.69 Å². The Kier molecular flexibility index (Phi) is 4.09. The molecule has 2 heterocycles. The molecule has 1 aromatic heterocycles. The summed E-state index contributed by atoms with van der Waals surface area (Å²) < 4.78 is 24.3. The Hall–Kier alpha value is -1.87. The summed E-state index contributed by atoms with van der Waals surface area (Å²) in [7, 11) is -3.11. The molecule has 0 unspecified atom stereocenters. The lowest BCUT2D eigenvalue weighted by Gasteiger charge is -2.34. The first-order valence-corrected chi connectivity index (χ1v) is 7.97. The van der Waals surface area contributed by atoms with E-state index in [0.29, 0.717) is 32.0 Å². The summed E-state index contributed by atoms with van der Waals surface area (Å²) >= 11 is 0.